The fraction of sp³-hybridized carbons (Fsp3) is 0.143. The smallest absolute Gasteiger partial charge is 1.00 e. The average molecular weight is 217 g/mol. The van der Waals surface area contributed by atoms with Gasteiger partial charge in [-0.15, -0.1) is 0 Å². The summed E-state index contributed by atoms with van der Waals surface area (Å²) in [5.74, 6) is 0. The molecule has 1 radical (unpaired) electrons. The van der Waals surface area contributed by atoms with E-state index in [9.17, 15) is 13.2 Å². The van der Waals surface area contributed by atoms with Gasteiger partial charge in [-0.25, -0.2) is 0 Å². The van der Waals surface area contributed by atoms with E-state index in [1.807, 2.05) is 0 Å². The van der Waals surface area contributed by atoms with Crippen LogP contribution in [-0.4, -0.2) is 24.3 Å². The van der Waals surface area contributed by atoms with Crippen molar-refractivity contribution in [2.45, 2.75) is 6.08 Å². The fourth-order valence-corrected chi connectivity index (χ4v) is 0.738. The first kappa shape index (κ1) is 19.5. The van der Waals surface area contributed by atoms with Crippen molar-refractivity contribution >= 4 is 12.7 Å². The first-order chi connectivity index (χ1) is 5.08. The van der Waals surface area contributed by atoms with E-state index in [2.05, 4.69) is 0 Å². The molecule has 2 nitrogen and oxygen atoms in total. The van der Waals surface area contributed by atoms with Gasteiger partial charge in [0.15, 0.2) is 0 Å². The van der Waals surface area contributed by atoms with E-state index in [0.29, 0.717) is 0 Å². The number of rotatable bonds is 1. The molecule has 1 aromatic rings. The number of benzene rings is 1. The van der Waals surface area contributed by atoms with Gasteiger partial charge in [-0.3, -0.25) is 0 Å². The van der Waals surface area contributed by atoms with Crippen LogP contribution in [-0.2, 0) is 0 Å². The van der Waals surface area contributed by atoms with Gasteiger partial charge in [0.05, 0.1) is 0 Å². The van der Waals surface area contributed by atoms with Crippen molar-refractivity contribution in [2.24, 2.45) is 0 Å². The zero-order valence-electron chi connectivity index (χ0n) is 8.60. The Hall–Kier alpha value is -0.00506. The van der Waals surface area contributed by atoms with E-state index >= 15 is 0 Å². The van der Waals surface area contributed by atoms with Crippen LogP contribution in [0.25, 0.3) is 0 Å². The molecule has 0 heterocycles. The van der Waals surface area contributed by atoms with Gasteiger partial charge in [-0.2, -0.15) is 13.2 Å². The molecule has 0 aromatic heterocycles. The molecule has 1 aromatic carbocycles. The second kappa shape index (κ2) is 8.32. The summed E-state index contributed by atoms with van der Waals surface area (Å²) in [6, 6.07) is 7.63. The molecule has 0 amide bonds. The third-order valence-electron chi connectivity index (χ3n) is 1.13. The molecule has 75 valence electrons. The van der Waals surface area contributed by atoms with Gasteiger partial charge in [0, 0.05) is 0 Å². The third kappa shape index (κ3) is 8.59. The van der Waals surface area contributed by atoms with E-state index in [0.717, 1.165) is 0 Å². The molecule has 0 spiro atoms. The van der Waals surface area contributed by atoms with Crippen LogP contribution in [0.5, 0.6) is 0 Å². The molecular formula is C7H10BF3NaO2. The van der Waals surface area contributed by atoms with E-state index in [1.54, 1.807) is 18.2 Å². The number of hydrogen-bond donors (Lipinski definition) is 0. The van der Waals surface area contributed by atoms with Crippen LogP contribution < -0.4 is 35.0 Å². The van der Waals surface area contributed by atoms with Gasteiger partial charge in [-0.1, -0.05) is 35.8 Å². The molecule has 0 bridgehead atoms. The fourth-order valence-electron chi connectivity index (χ4n) is 0.738. The number of hydrogen-bond acceptors (Lipinski definition) is 0. The summed E-state index contributed by atoms with van der Waals surface area (Å²) in [6.45, 7) is 0. The minimum atomic E-state index is -4.22. The maximum Gasteiger partial charge on any atom is 1.00 e. The summed E-state index contributed by atoms with van der Waals surface area (Å²) >= 11 is 0. The quantitative estimate of drug-likeness (QED) is 0.450. The van der Waals surface area contributed by atoms with Crippen molar-refractivity contribution in [1.29, 1.82) is 0 Å². The molecule has 0 unspecified atom stereocenters. The van der Waals surface area contributed by atoms with E-state index in [1.165, 1.54) is 12.1 Å². The Morgan fingerprint density at radius 1 is 1.00 bits per heavy atom. The molecule has 0 saturated carbocycles. The largest absolute Gasteiger partial charge is 1.00 e. The Bertz CT molecular complexity index is 235. The van der Waals surface area contributed by atoms with Crippen LogP contribution in [0.1, 0.15) is 1.43 Å². The normalized spacial score (nSPS) is 8.79. The molecule has 4 N–H and O–H groups in total. The predicted molar refractivity (Wildman–Crippen MR) is 46.2 cm³/mol. The summed E-state index contributed by atoms with van der Waals surface area (Å²) in [5, 5.41) is 0. The molecular weight excluding hydrogens is 207 g/mol. The second-order valence-electron chi connectivity index (χ2n) is 2.10. The third-order valence-corrected chi connectivity index (χ3v) is 1.13. The van der Waals surface area contributed by atoms with Crippen LogP contribution in [0.2, 0.25) is 0 Å². The molecule has 0 aliphatic heterocycles. The Labute approximate surface area is 104 Å². The molecule has 0 aliphatic carbocycles. The molecule has 0 aliphatic rings. The van der Waals surface area contributed by atoms with Crippen LogP contribution in [0, 0.1) is 0 Å². The predicted octanol–water partition coefficient (Wildman–Crippen LogP) is -3.00. The Morgan fingerprint density at radius 3 is 1.79 bits per heavy atom. The summed E-state index contributed by atoms with van der Waals surface area (Å²) in [6.07, 6.45) is -4.22. The van der Waals surface area contributed by atoms with Crippen molar-refractivity contribution < 1.29 is 55.1 Å². The molecule has 1 rings (SSSR count). The van der Waals surface area contributed by atoms with Gasteiger partial charge in [0.25, 0.3) is 7.28 Å². The molecule has 0 atom stereocenters. The first-order valence-electron chi connectivity index (χ1n) is 3.05. The van der Waals surface area contributed by atoms with Crippen LogP contribution in [0.3, 0.4) is 0 Å². The summed E-state index contributed by atoms with van der Waals surface area (Å²) in [4.78, 5) is 0. The van der Waals surface area contributed by atoms with Crippen molar-refractivity contribution in [1.82, 2.24) is 0 Å². The Kier molecular flexibility index (Phi) is 11.6. The van der Waals surface area contributed by atoms with Crippen LogP contribution in [0.4, 0.5) is 13.2 Å². The summed E-state index contributed by atoms with van der Waals surface area (Å²) < 4.78 is 35.1. The number of halogens is 3. The zero-order chi connectivity index (χ0) is 8.32. The minimum absolute atomic E-state index is 0. The van der Waals surface area contributed by atoms with E-state index in [4.69, 9.17) is 0 Å². The zero-order valence-corrected chi connectivity index (χ0v) is 9.60. The average Bonchev–Trinajstić information content (AvgIpc) is 1.85. The molecule has 14 heavy (non-hydrogen) atoms. The van der Waals surface area contributed by atoms with Crippen molar-refractivity contribution in [2.75, 3.05) is 0 Å². The van der Waals surface area contributed by atoms with Gasteiger partial charge in [0.2, 0.25) is 0 Å². The minimum Gasteiger partial charge on any atom is -1.00 e. The summed E-state index contributed by atoms with van der Waals surface area (Å²) in [5.41, 5.74) is 0.181. The van der Waals surface area contributed by atoms with Crippen molar-refractivity contribution in [3.05, 3.63) is 30.3 Å². The maximum atomic E-state index is 11.7. The Morgan fingerprint density at radius 2 is 1.43 bits per heavy atom. The summed E-state index contributed by atoms with van der Waals surface area (Å²) in [7, 11) is 0.271. The van der Waals surface area contributed by atoms with Crippen molar-refractivity contribution in [3.8, 4) is 0 Å². The topological polar surface area (TPSA) is 63.0 Å². The standard InChI is InChI=1S/C7H5BF3.Na.2H2O.H/c9-7(10,11)8-6-4-2-1-3-5-6;;;;/h1-5H;;2*1H2;/q;+1;;;-1. The van der Waals surface area contributed by atoms with Gasteiger partial charge in [0.1, 0.15) is 0 Å². The van der Waals surface area contributed by atoms with Gasteiger partial charge >= 0.3 is 35.6 Å². The van der Waals surface area contributed by atoms with Crippen LogP contribution in [0.15, 0.2) is 30.3 Å². The maximum absolute atomic E-state index is 11.7. The molecule has 0 fully saturated rings. The first-order valence-corrected chi connectivity index (χ1v) is 3.05. The van der Waals surface area contributed by atoms with Gasteiger partial charge in [-0.05, 0) is 0 Å². The second-order valence-corrected chi connectivity index (χ2v) is 2.10. The monoisotopic (exact) mass is 217 g/mol. The van der Waals surface area contributed by atoms with E-state index < -0.39 is 6.08 Å². The molecule has 7 heteroatoms. The molecule has 0 saturated heterocycles. The van der Waals surface area contributed by atoms with Crippen molar-refractivity contribution in [3.63, 3.8) is 0 Å². The van der Waals surface area contributed by atoms with E-state index in [-0.39, 0.29) is 54.7 Å². The number of alkyl halides is 3. The Balaban J connectivity index is -0.000000151. The van der Waals surface area contributed by atoms with Gasteiger partial charge < -0.3 is 12.4 Å². The SMILES string of the molecule is FC(F)(F)[B]c1ccccc1.O.O.[H-].[Na+]. The van der Waals surface area contributed by atoms with Crippen LogP contribution >= 0.6 is 0 Å².